The van der Waals surface area contributed by atoms with Gasteiger partial charge in [-0.1, -0.05) is 0 Å². The Hall–Kier alpha value is -0.610. The third kappa shape index (κ3) is 4.94. The summed E-state index contributed by atoms with van der Waals surface area (Å²) in [4.78, 5) is 13.8. The molecule has 1 fully saturated rings. The SMILES string of the molecule is CC(C)NC(=O)CN1CCC(CCN)CC1. The largest absolute Gasteiger partial charge is 0.353 e. The lowest BCUT2D eigenvalue weighted by atomic mass is 9.94. The van der Waals surface area contributed by atoms with Gasteiger partial charge in [-0.2, -0.15) is 0 Å². The van der Waals surface area contributed by atoms with Crippen molar-refractivity contribution in [1.82, 2.24) is 10.2 Å². The van der Waals surface area contributed by atoms with Crippen LogP contribution >= 0.6 is 0 Å². The molecular weight excluding hydrogens is 202 g/mol. The minimum Gasteiger partial charge on any atom is -0.353 e. The molecule has 0 spiro atoms. The molecule has 0 atom stereocenters. The van der Waals surface area contributed by atoms with Crippen molar-refractivity contribution in [3.8, 4) is 0 Å². The van der Waals surface area contributed by atoms with Crippen LogP contribution in [0.25, 0.3) is 0 Å². The number of hydrogen-bond donors (Lipinski definition) is 2. The summed E-state index contributed by atoms with van der Waals surface area (Å²) in [7, 11) is 0. The Morgan fingerprint density at radius 3 is 2.56 bits per heavy atom. The van der Waals surface area contributed by atoms with Crippen molar-refractivity contribution in [3.63, 3.8) is 0 Å². The van der Waals surface area contributed by atoms with E-state index in [1.165, 1.54) is 12.8 Å². The van der Waals surface area contributed by atoms with Crippen LogP contribution < -0.4 is 11.1 Å². The van der Waals surface area contributed by atoms with Crippen LogP contribution in [0.4, 0.5) is 0 Å². The van der Waals surface area contributed by atoms with Crippen molar-refractivity contribution in [3.05, 3.63) is 0 Å². The highest BCUT2D eigenvalue weighted by Crippen LogP contribution is 2.19. The molecule has 1 aliphatic rings. The van der Waals surface area contributed by atoms with Crippen molar-refractivity contribution in [2.24, 2.45) is 11.7 Å². The summed E-state index contributed by atoms with van der Waals surface area (Å²) in [5.74, 6) is 0.918. The van der Waals surface area contributed by atoms with Crippen molar-refractivity contribution < 1.29 is 4.79 Å². The van der Waals surface area contributed by atoms with Crippen molar-refractivity contribution >= 4 is 5.91 Å². The molecule has 1 heterocycles. The zero-order valence-corrected chi connectivity index (χ0v) is 10.5. The minimum absolute atomic E-state index is 0.146. The highest BCUT2D eigenvalue weighted by atomic mass is 16.2. The Labute approximate surface area is 98.6 Å². The molecule has 0 aliphatic carbocycles. The van der Waals surface area contributed by atoms with E-state index in [1.807, 2.05) is 13.8 Å². The van der Waals surface area contributed by atoms with Gasteiger partial charge in [-0.05, 0) is 58.7 Å². The van der Waals surface area contributed by atoms with Gasteiger partial charge in [0.05, 0.1) is 6.54 Å². The van der Waals surface area contributed by atoms with Gasteiger partial charge in [0.25, 0.3) is 0 Å². The first-order chi connectivity index (χ1) is 7.61. The second-order valence-corrected chi connectivity index (χ2v) is 5.02. The summed E-state index contributed by atoms with van der Waals surface area (Å²) >= 11 is 0. The third-order valence-corrected chi connectivity index (χ3v) is 3.10. The van der Waals surface area contributed by atoms with Gasteiger partial charge >= 0.3 is 0 Å². The van der Waals surface area contributed by atoms with Gasteiger partial charge in [0, 0.05) is 6.04 Å². The Morgan fingerprint density at radius 2 is 2.06 bits per heavy atom. The highest BCUT2D eigenvalue weighted by molar-refractivity contribution is 5.78. The monoisotopic (exact) mass is 227 g/mol. The summed E-state index contributed by atoms with van der Waals surface area (Å²) in [6, 6.07) is 0.238. The molecule has 0 bridgehead atoms. The van der Waals surface area contributed by atoms with Gasteiger partial charge in [-0.3, -0.25) is 9.69 Å². The van der Waals surface area contributed by atoms with E-state index >= 15 is 0 Å². The first-order valence-electron chi connectivity index (χ1n) is 6.33. The number of carbonyl (C=O) groups excluding carboxylic acids is 1. The van der Waals surface area contributed by atoms with Gasteiger partial charge in [-0.25, -0.2) is 0 Å². The highest BCUT2D eigenvalue weighted by Gasteiger charge is 2.20. The van der Waals surface area contributed by atoms with E-state index in [2.05, 4.69) is 10.2 Å². The molecule has 94 valence electrons. The van der Waals surface area contributed by atoms with Crippen LogP contribution in [0, 0.1) is 5.92 Å². The predicted molar refractivity (Wildman–Crippen MR) is 66.1 cm³/mol. The molecule has 0 aromatic rings. The molecular formula is C12H25N3O. The quantitative estimate of drug-likeness (QED) is 0.722. The summed E-state index contributed by atoms with van der Waals surface area (Å²) in [6.07, 6.45) is 3.50. The fourth-order valence-electron chi connectivity index (χ4n) is 2.24. The van der Waals surface area contributed by atoms with E-state index in [9.17, 15) is 4.79 Å². The number of carbonyl (C=O) groups is 1. The molecule has 1 aliphatic heterocycles. The molecule has 1 saturated heterocycles. The summed E-state index contributed by atoms with van der Waals surface area (Å²) in [5.41, 5.74) is 5.55. The third-order valence-electron chi connectivity index (χ3n) is 3.10. The van der Waals surface area contributed by atoms with Gasteiger partial charge < -0.3 is 11.1 Å². The fraction of sp³-hybridized carbons (Fsp3) is 0.917. The van der Waals surface area contributed by atoms with E-state index in [0.717, 1.165) is 32.0 Å². The van der Waals surface area contributed by atoms with Crippen molar-refractivity contribution in [1.29, 1.82) is 0 Å². The number of nitrogens with two attached hydrogens (primary N) is 1. The van der Waals surface area contributed by atoms with Gasteiger partial charge in [0.2, 0.25) is 5.91 Å². The summed E-state index contributed by atoms with van der Waals surface area (Å²) < 4.78 is 0. The zero-order chi connectivity index (χ0) is 12.0. The Balaban J connectivity index is 2.19. The molecule has 0 radical (unpaired) electrons. The number of hydrogen-bond acceptors (Lipinski definition) is 3. The maximum atomic E-state index is 11.6. The molecule has 3 N–H and O–H groups in total. The topological polar surface area (TPSA) is 58.4 Å². The molecule has 1 amide bonds. The molecule has 0 aromatic carbocycles. The fourth-order valence-corrected chi connectivity index (χ4v) is 2.24. The predicted octanol–water partition coefficient (Wildman–Crippen LogP) is 0.572. The second-order valence-electron chi connectivity index (χ2n) is 5.02. The first-order valence-corrected chi connectivity index (χ1v) is 6.33. The van der Waals surface area contributed by atoms with Crippen LogP contribution in [0.5, 0.6) is 0 Å². The Morgan fingerprint density at radius 1 is 1.44 bits per heavy atom. The number of likely N-dealkylation sites (tertiary alicyclic amines) is 1. The Kier molecular flexibility index (Phi) is 5.77. The summed E-state index contributed by atoms with van der Waals surface area (Å²) in [6.45, 7) is 7.40. The van der Waals surface area contributed by atoms with Crippen molar-refractivity contribution in [2.45, 2.75) is 39.2 Å². The number of nitrogens with one attached hydrogen (secondary N) is 1. The maximum absolute atomic E-state index is 11.6. The van der Waals surface area contributed by atoms with Crippen LogP contribution in [0.3, 0.4) is 0 Å². The average Bonchev–Trinajstić information content (AvgIpc) is 2.20. The Bertz CT molecular complexity index is 210. The van der Waals surface area contributed by atoms with Crippen LogP contribution in [-0.4, -0.2) is 43.0 Å². The molecule has 4 heteroatoms. The molecule has 0 unspecified atom stereocenters. The lowest BCUT2D eigenvalue weighted by Gasteiger charge is -2.31. The first kappa shape index (κ1) is 13.5. The van der Waals surface area contributed by atoms with Crippen LogP contribution in [-0.2, 0) is 4.79 Å². The zero-order valence-electron chi connectivity index (χ0n) is 10.5. The standard InChI is InChI=1S/C12H25N3O/c1-10(2)14-12(16)9-15-7-4-11(3-6-13)5-8-15/h10-11H,3-9,13H2,1-2H3,(H,14,16). The lowest BCUT2D eigenvalue weighted by Crippen LogP contribution is -2.43. The molecule has 0 saturated carbocycles. The normalized spacial score (nSPS) is 19.0. The maximum Gasteiger partial charge on any atom is 0.234 e. The van der Waals surface area contributed by atoms with Gasteiger partial charge in [0.1, 0.15) is 0 Å². The van der Waals surface area contributed by atoms with Crippen molar-refractivity contribution in [2.75, 3.05) is 26.2 Å². The molecule has 16 heavy (non-hydrogen) atoms. The van der Waals surface area contributed by atoms with E-state index in [4.69, 9.17) is 5.73 Å². The number of piperidine rings is 1. The molecule has 4 nitrogen and oxygen atoms in total. The summed E-state index contributed by atoms with van der Waals surface area (Å²) in [5, 5.41) is 2.93. The number of amides is 1. The van der Waals surface area contributed by atoms with E-state index in [0.29, 0.717) is 6.54 Å². The number of rotatable bonds is 5. The molecule has 1 rings (SSSR count). The van der Waals surface area contributed by atoms with Gasteiger partial charge in [0.15, 0.2) is 0 Å². The van der Waals surface area contributed by atoms with Crippen LogP contribution in [0.1, 0.15) is 33.1 Å². The lowest BCUT2D eigenvalue weighted by molar-refractivity contribution is -0.123. The second kappa shape index (κ2) is 6.86. The van der Waals surface area contributed by atoms with Crippen LogP contribution in [0.2, 0.25) is 0 Å². The van der Waals surface area contributed by atoms with E-state index < -0.39 is 0 Å². The smallest absolute Gasteiger partial charge is 0.234 e. The van der Waals surface area contributed by atoms with Crippen LogP contribution in [0.15, 0.2) is 0 Å². The molecule has 0 aromatic heterocycles. The average molecular weight is 227 g/mol. The van der Waals surface area contributed by atoms with E-state index in [-0.39, 0.29) is 11.9 Å². The van der Waals surface area contributed by atoms with E-state index in [1.54, 1.807) is 0 Å². The minimum atomic E-state index is 0.146. The number of nitrogens with zero attached hydrogens (tertiary/aromatic N) is 1. The van der Waals surface area contributed by atoms with Gasteiger partial charge in [-0.15, -0.1) is 0 Å².